The van der Waals surface area contributed by atoms with Crippen LogP contribution in [0.3, 0.4) is 0 Å². The van der Waals surface area contributed by atoms with Crippen molar-refractivity contribution in [1.29, 1.82) is 0 Å². The Morgan fingerprint density at radius 3 is 2.94 bits per heavy atom. The van der Waals surface area contributed by atoms with Gasteiger partial charge in [0.2, 0.25) is 0 Å². The zero-order chi connectivity index (χ0) is 11.1. The van der Waals surface area contributed by atoms with Gasteiger partial charge in [-0.15, -0.1) is 10.2 Å². The highest BCUT2D eigenvalue weighted by Gasteiger charge is 2.29. The van der Waals surface area contributed by atoms with Crippen LogP contribution in [0.2, 0.25) is 0 Å². The largest absolute Gasteiger partial charge is 0.394 e. The van der Waals surface area contributed by atoms with E-state index in [4.69, 9.17) is 10.8 Å². The van der Waals surface area contributed by atoms with Gasteiger partial charge in [-0.25, -0.2) is 0 Å². The van der Waals surface area contributed by atoms with Crippen LogP contribution >= 0.6 is 0 Å². The molecule has 16 heavy (non-hydrogen) atoms. The highest BCUT2D eigenvalue weighted by Crippen LogP contribution is 2.39. The molecular weight excluding hydrogens is 204 g/mol. The number of hydrogen-bond acceptors (Lipinski definition) is 4. The Bertz CT molecular complexity index is 518. The van der Waals surface area contributed by atoms with Gasteiger partial charge in [-0.1, -0.05) is 6.07 Å². The third kappa shape index (κ3) is 1.40. The number of aromatic nitrogens is 3. The SMILES string of the molecule is NC(CO)c1cccc2nnc(C3CC3)n12. The quantitative estimate of drug-likeness (QED) is 0.791. The number of hydrogen-bond donors (Lipinski definition) is 2. The molecule has 1 unspecified atom stereocenters. The summed E-state index contributed by atoms with van der Waals surface area (Å²) in [7, 11) is 0. The first-order valence-electron chi connectivity index (χ1n) is 5.51. The fourth-order valence-corrected chi connectivity index (χ4v) is 1.98. The van der Waals surface area contributed by atoms with Crippen molar-refractivity contribution in [2.75, 3.05) is 6.61 Å². The Morgan fingerprint density at radius 1 is 1.44 bits per heavy atom. The number of pyridine rings is 1. The summed E-state index contributed by atoms with van der Waals surface area (Å²) < 4.78 is 1.98. The highest BCUT2D eigenvalue weighted by atomic mass is 16.3. The molecule has 3 N–H and O–H groups in total. The summed E-state index contributed by atoms with van der Waals surface area (Å²) in [6.45, 7) is -0.0681. The molecule has 1 aliphatic rings. The molecule has 0 bridgehead atoms. The topological polar surface area (TPSA) is 76.4 Å². The van der Waals surface area contributed by atoms with Gasteiger partial charge < -0.3 is 10.8 Å². The summed E-state index contributed by atoms with van der Waals surface area (Å²) in [5, 5.41) is 17.5. The van der Waals surface area contributed by atoms with Crippen molar-refractivity contribution in [3.8, 4) is 0 Å². The van der Waals surface area contributed by atoms with Gasteiger partial charge in [0.1, 0.15) is 5.82 Å². The molecule has 0 aliphatic heterocycles. The minimum absolute atomic E-state index is 0.0681. The van der Waals surface area contributed by atoms with Gasteiger partial charge in [0.25, 0.3) is 0 Å². The number of nitrogens with two attached hydrogens (primary N) is 1. The highest BCUT2D eigenvalue weighted by molar-refractivity contribution is 5.41. The number of aliphatic hydroxyl groups excluding tert-OH is 1. The first-order valence-corrected chi connectivity index (χ1v) is 5.51. The lowest BCUT2D eigenvalue weighted by molar-refractivity contribution is 0.265. The second-order valence-electron chi connectivity index (χ2n) is 4.27. The van der Waals surface area contributed by atoms with E-state index in [9.17, 15) is 0 Å². The molecule has 2 aromatic rings. The molecule has 0 radical (unpaired) electrons. The minimum Gasteiger partial charge on any atom is -0.394 e. The summed E-state index contributed by atoms with van der Waals surface area (Å²) >= 11 is 0. The van der Waals surface area contributed by atoms with Gasteiger partial charge in [-0.2, -0.15) is 0 Å². The van der Waals surface area contributed by atoms with E-state index in [0.717, 1.165) is 17.2 Å². The lowest BCUT2D eigenvalue weighted by Crippen LogP contribution is -2.18. The van der Waals surface area contributed by atoms with Crippen LogP contribution in [0.1, 0.15) is 36.3 Å². The number of aliphatic hydroxyl groups is 1. The first kappa shape index (κ1) is 9.74. The fourth-order valence-electron chi connectivity index (χ4n) is 1.98. The molecule has 0 aromatic carbocycles. The maximum absolute atomic E-state index is 9.15. The molecule has 0 spiro atoms. The lowest BCUT2D eigenvalue weighted by Gasteiger charge is -2.12. The van der Waals surface area contributed by atoms with E-state index in [0.29, 0.717) is 5.92 Å². The Hall–Kier alpha value is -1.46. The molecule has 5 heteroatoms. The predicted molar refractivity (Wildman–Crippen MR) is 59.0 cm³/mol. The van der Waals surface area contributed by atoms with Crippen molar-refractivity contribution in [2.24, 2.45) is 5.73 Å². The zero-order valence-electron chi connectivity index (χ0n) is 8.87. The van der Waals surface area contributed by atoms with Gasteiger partial charge in [0.05, 0.1) is 12.6 Å². The van der Waals surface area contributed by atoms with Crippen molar-refractivity contribution in [3.05, 3.63) is 29.7 Å². The molecule has 84 valence electrons. The maximum atomic E-state index is 9.15. The van der Waals surface area contributed by atoms with Crippen LogP contribution in [-0.4, -0.2) is 26.3 Å². The molecule has 3 rings (SSSR count). The molecule has 0 amide bonds. The van der Waals surface area contributed by atoms with Crippen molar-refractivity contribution < 1.29 is 5.11 Å². The second kappa shape index (κ2) is 3.54. The van der Waals surface area contributed by atoms with Crippen molar-refractivity contribution in [1.82, 2.24) is 14.6 Å². The lowest BCUT2D eigenvalue weighted by atomic mass is 10.2. The molecule has 2 aromatic heterocycles. The molecule has 0 saturated heterocycles. The van der Waals surface area contributed by atoms with Crippen molar-refractivity contribution in [3.63, 3.8) is 0 Å². The number of nitrogens with zero attached hydrogens (tertiary/aromatic N) is 3. The third-order valence-corrected chi connectivity index (χ3v) is 3.00. The second-order valence-corrected chi connectivity index (χ2v) is 4.27. The predicted octanol–water partition coefficient (Wildman–Crippen LogP) is 0.599. The molecular formula is C11H14N4O. The van der Waals surface area contributed by atoms with E-state index in [1.807, 2.05) is 22.6 Å². The molecule has 5 nitrogen and oxygen atoms in total. The Labute approximate surface area is 92.9 Å². The van der Waals surface area contributed by atoms with E-state index in [1.165, 1.54) is 12.8 Å². The molecule has 1 atom stereocenters. The summed E-state index contributed by atoms with van der Waals surface area (Å²) in [4.78, 5) is 0. The van der Waals surface area contributed by atoms with Gasteiger partial charge in [-0.3, -0.25) is 4.40 Å². The minimum atomic E-state index is -0.378. The van der Waals surface area contributed by atoms with Crippen LogP contribution in [0, 0.1) is 0 Å². The summed E-state index contributed by atoms with van der Waals surface area (Å²) in [6.07, 6.45) is 2.34. The van der Waals surface area contributed by atoms with Gasteiger partial charge in [-0.05, 0) is 25.0 Å². The molecule has 1 fully saturated rings. The maximum Gasteiger partial charge on any atom is 0.161 e. The normalized spacial score (nSPS) is 17.9. The number of rotatable bonds is 3. The van der Waals surface area contributed by atoms with E-state index >= 15 is 0 Å². The summed E-state index contributed by atoms with van der Waals surface area (Å²) in [6, 6.07) is 5.35. The van der Waals surface area contributed by atoms with E-state index in [2.05, 4.69) is 10.2 Å². The van der Waals surface area contributed by atoms with Crippen LogP contribution in [0.15, 0.2) is 18.2 Å². The van der Waals surface area contributed by atoms with Crippen LogP contribution in [0.4, 0.5) is 0 Å². The van der Waals surface area contributed by atoms with Gasteiger partial charge in [0, 0.05) is 11.6 Å². The zero-order valence-corrected chi connectivity index (χ0v) is 8.87. The molecule has 1 aliphatic carbocycles. The molecule has 1 saturated carbocycles. The van der Waals surface area contributed by atoms with Crippen molar-refractivity contribution >= 4 is 5.65 Å². The summed E-state index contributed by atoms with van der Waals surface area (Å²) in [5.41, 5.74) is 7.57. The van der Waals surface area contributed by atoms with E-state index in [1.54, 1.807) is 0 Å². The third-order valence-electron chi connectivity index (χ3n) is 3.00. The Balaban J connectivity index is 2.21. The van der Waals surface area contributed by atoms with Crippen LogP contribution in [0.25, 0.3) is 5.65 Å². The monoisotopic (exact) mass is 218 g/mol. The first-order chi connectivity index (χ1) is 7.81. The van der Waals surface area contributed by atoms with E-state index in [-0.39, 0.29) is 12.6 Å². The number of fused-ring (bicyclic) bond motifs is 1. The molecule has 2 heterocycles. The fraction of sp³-hybridized carbons (Fsp3) is 0.455. The van der Waals surface area contributed by atoms with E-state index < -0.39 is 0 Å². The average molecular weight is 218 g/mol. The summed E-state index contributed by atoms with van der Waals surface area (Å²) in [5.74, 6) is 1.50. The van der Waals surface area contributed by atoms with Crippen molar-refractivity contribution in [2.45, 2.75) is 24.8 Å². The van der Waals surface area contributed by atoms with Crippen LogP contribution in [0.5, 0.6) is 0 Å². The Kier molecular flexibility index (Phi) is 2.15. The smallest absolute Gasteiger partial charge is 0.161 e. The van der Waals surface area contributed by atoms with Crippen LogP contribution in [-0.2, 0) is 0 Å². The average Bonchev–Trinajstić information content (AvgIpc) is 3.07. The van der Waals surface area contributed by atoms with Gasteiger partial charge >= 0.3 is 0 Å². The Morgan fingerprint density at radius 2 is 2.25 bits per heavy atom. The van der Waals surface area contributed by atoms with Crippen LogP contribution < -0.4 is 5.73 Å². The standard InChI is InChI=1S/C11H14N4O/c12-8(6-16)9-2-1-3-10-13-14-11(15(9)10)7-4-5-7/h1-3,7-8,16H,4-6,12H2. The van der Waals surface area contributed by atoms with Gasteiger partial charge in [0.15, 0.2) is 5.65 Å².